The highest BCUT2D eigenvalue weighted by Crippen LogP contribution is 2.28. The van der Waals surface area contributed by atoms with Crippen LogP contribution in [0.3, 0.4) is 0 Å². The molecule has 0 radical (unpaired) electrons. The number of aliphatic hydroxyl groups is 1. The molecule has 1 aromatic carbocycles. The number of hydrogen-bond donors (Lipinski definition) is 2. The monoisotopic (exact) mass is 326 g/mol. The van der Waals surface area contributed by atoms with Crippen molar-refractivity contribution in [2.75, 3.05) is 31.6 Å². The standard InChI is InChI=1S/C15H23BrN2O/c1-2-18-9-4-7-15(12-19,8-10-18)17-14-6-3-5-13(16)11-14/h3,5-6,11,17,19H,2,4,7-10,12H2,1H3. The summed E-state index contributed by atoms with van der Waals surface area (Å²) in [5, 5.41) is 13.4. The molecule has 0 bridgehead atoms. The van der Waals surface area contributed by atoms with Crippen LogP contribution in [0.5, 0.6) is 0 Å². The molecule has 2 N–H and O–H groups in total. The lowest BCUT2D eigenvalue weighted by Gasteiger charge is -2.33. The van der Waals surface area contributed by atoms with E-state index in [2.05, 4.69) is 45.2 Å². The Morgan fingerprint density at radius 1 is 1.37 bits per heavy atom. The average Bonchev–Trinajstić information content (AvgIpc) is 2.62. The van der Waals surface area contributed by atoms with Gasteiger partial charge in [0.2, 0.25) is 0 Å². The van der Waals surface area contributed by atoms with Crippen LogP contribution < -0.4 is 5.32 Å². The summed E-state index contributed by atoms with van der Waals surface area (Å²) in [6.45, 7) is 5.68. The third kappa shape index (κ3) is 3.94. The first-order valence-electron chi connectivity index (χ1n) is 7.04. The first-order valence-corrected chi connectivity index (χ1v) is 7.84. The molecule has 1 fully saturated rings. The Bertz CT molecular complexity index is 413. The van der Waals surface area contributed by atoms with Crippen LogP contribution in [0.2, 0.25) is 0 Å². The summed E-state index contributed by atoms with van der Waals surface area (Å²) in [4.78, 5) is 2.46. The minimum absolute atomic E-state index is 0.176. The van der Waals surface area contributed by atoms with E-state index in [9.17, 15) is 5.11 Å². The number of hydrogen-bond acceptors (Lipinski definition) is 3. The second kappa shape index (κ2) is 6.73. The lowest BCUT2D eigenvalue weighted by atomic mass is 9.91. The summed E-state index contributed by atoms with van der Waals surface area (Å²) in [5.74, 6) is 0. The van der Waals surface area contributed by atoms with E-state index in [0.717, 1.165) is 49.1 Å². The van der Waals surface area contributed by atoms with Gasteiger partial charge >= 0.3 is 0 Å². The van der Waals surface area contributed by atoms with Crippen LogP contribution >= 0.6 is 15.9 Å². The van der Waals surface area contributed by atoms with Crippen molar-refractivity contribution in [1.29, 1.82) is 0 Å². The minimum Gasteiger partial charge on any atom is -0.394 e. The van der Waals surface area contributed by atoms with Gasteiger partial charge in [0.05, 0.1) is 12.1 Å². The van der Waals surface area contributed by atoms with Crippen molar-refractivity contribution in [3.63, 3.8) is 0 Å². The Kier molecular flexibility index (Phi) is 5.25. The van der Waals surface area contributed by atoms with Gasteiger partial charge in [-0.05, 0) is 50.6 Å². The molecular weight excluding hydrogens is 304 g/mol. The van der Waals surface area contributed by atoms with Crippen LogP contribution in [-0.4, -0.2) is 41.8 Å². The smallest absolute Gasteiger partial charge is 0.0662 e. The van der Waals surface area contributed by atoms with Crippen LogP contribution in [0.4, 0.5) is 5.69 Å². The highest BCUT2D eigenvalue weighted by atomic mass is 79.9. The molecule has 0 aromatic heterocycles. The molecule has 1 heterocycles. The molecule has 0 aliphatic carbocycles. The average molecular weight is 327 g/mol. The quantitative estimate of drug-likeness (QED) is 0.892. The lowest BCUT2D eigenvalue weighted by molar-refractivity contribution is 0.193. The fourth-order valence-electron chi connectivity index (χ4n) is 2.76. The van der Waals surface area contributed by atoms with Crippen molar-refractivity contribution in [1.82, 2.24) is 4.90 Å². The van der Waals surface area contributed by atoms with E-state index in [1.807, 2.05) is 12.1 Å². The molecular formula is C15H23BrN2O. The number of nitrogens with zero attached hydrogens (tertiary/aromatic N) is 1. The zero-order valence-corrected chi connectivity index (χ0v) is 13.1. The molecule has 1 aliphatic rings. The summed E-state index contributed by atoms with van der Waals surface area (Å²) in [5.41, 5.74) is 0.901. The van der Waals surface area contributed by atoms with Crippen molar-refractivity contribution in [2.45, 2.75) is 31.7 Å². The van der Waals surface area contributed by atoms with Crippen LogP contribution in [0, 0.1) is 0 Å². The number of rotatable bonds is 4. The van der Waals surface area contributed by atoms with Gasteiger partial charge in [0.1, 0.15) is 0 Å². The topological polar surface area (TPSA) is 35.5 Å². The van der Waals surface area contributed by atoms with Crippen molar-refractivity contribution < 1.29 is 5.11 Å². The molecule has 0 amide bonds. The molecule has 3 nitrogen and oxygen atoms in total. The first kappa shape index (κ1) is 14.8. The number of anilines is 1. The van der Waals surface area contributed by atoms with Gasteiger partial charge < -0.3 is 15.3 Å². The normalized spacial score (nSPS) is 25.0. The summed E-state index contributed by atoms with van der Waals surface area (Å²) in [7, 11) is 0. The maximum atomic E-state index is 9.86. The van der Waals surface area contributed by atoms with Gasteiger partial charge in [0.25, 0.3) is 0 Å². The molecule has 1 aromatic rings. The molecule has 4 heteroatoms. The predicted molar refractivity (Wildman–Crippen MR) is 83.5 cm³/mol. The van der Waals surface area contributed by atoms with E-state index in [0.29, 0.717) is 0 Å². The van der Waals surface area contributed by atoms with Crippen LogP contribution in [0.1, 0.15) is 26.2 Å². The molecule has 0 saturated carbocycles. The predicted octanol–water partition coefficient (Wildman–Crippen LogP) is 3.10. The summed E-state index contributed by atoms with van der Waals surface area (Å²) >= 11 is 3.49. The van der Waals surface area contributed by atoms with Crippen LogP contribution in [0.15, 0.2) is 28.7 Å². The van der Waals surface area contributed by atoms with Crippen molar-refractivity contribution in [3.05, 3.63) is 28.7 Å². The third-order valence-electron chi connectivity index (χ3n) is 4.02. The SMILES string of the molecule is CCN1CCCC(CO)(Nc2cccc(Br)c2)CC1. The summed E-state index contributed by atoms with van der Waals surface area (Å²) < 4.78 is 1.06. The second-order valence-corrected chi connectivity index (χ2v) is 6.28. The Morgan fingerprint density at radius 2 is 2.21 bits per heavy atom. The molecule has 106 valence electrons. The number of aliphatic hydroxyl groups excluding tert-OH is 1. The van der Waals surface area contributed by atoms with Gasteiger partial charge in [0, 0.05) is 16.7 Å². The zero-order chi connectivity index (χ0) is 13.7. The maximum absolute atomic E-state index is 9.86. The maximum Gasteiger partial charge on any atom is 0.0662 e. The van der Waals surface area contributed by atoms with Gasteiger partial charge in [-0.3, -0.25) is 0 Å². The molecule has 19 heavy (non-hydrogen) atoms. The zero-order valence-electron chi connectivity index (χ0n) is 11.5. The van der Waals surface area contributed by atoms with Crippen molar-refractivity contribution >= 4 is 21.6 Å². The second-order valence-electron chi connectivity index (χ2n) is 5.36. The van der Waals surface area contributed by atoms with E-state index in [1.54, 1.807) is 0 Å². The number of benzene rings is 1. The van der Waals surface area contributed by atoms with Crippen LogP contribution in [-0.2, 0) is 0 Å². The van der Waals surface area contributed by atoms with E-state index in [4.69, 9.17) is 0 Å². The van der Waals surface area contributed by atoms with Gasteiger partial charge in [-0.2, -0.15) is 0 Å². The Labute approximate surface area is 124 Å². The van der Waals surface area contributed by atoms with E-state index in [1.165, 1.54) is 0 Å². The van der Waals surface area contributed by atoms with Gasteiger partial charge in [0.15, 0.2) is 0 Å². The highest BCUT2D eigenvalue weighted by molar-refractivity contribution is 9.10. The largest absolute Gasteiger partial charge is 0.394 e. The van der Waals surface area contributed by atoms with Gasteiger partial charge in [-0.15, -0.1) is 0 Å². The lowest BCUT2D eigenvalue weighted by Crippen LogP contribution is -2.43. The Balaban J connectivity index is 2.09. The van der Waals surface area contributed by atoms with E-state index < -0.39 is 0 Å². The number of nitrogens with one attached hydrogen (secondary N) is 1. The van der Waals surface area contributed by atoms with Crippen LogP contribution in [0.25, 0.3) is 0 Å². The van der Waals surface area contributed by atoms with Gasteiger partial charge in [-0.25, -0.2) is 0 Å². The number of likely N-dealkylation sites (tertiary alicyclic amines) is 1. The van der Waals surface area contributed by atoms with Gasteiger partial charge in [-0.1, -0.05) is 28.9 Å². The minimum atomic E-state index is -0.176. The molecule has 1 unspecified atom stereocenters. The van der Waals surface area contributed by atoms with Crippen molar-refractivity contribution in [3.8, 4) is 0 Å². The Hall–Kier alpha value is -0.580. The third-order valence-corrected chi connectivity index (χ3v) is 4.51. The molecule has 1 atom stereocenters. The van der Waals surface area contributed by atoms with E-state index in [-0.39, 0.29) is 12.1 Å². The highest BCUT2D eigenvalue weighted by Gasteiger charge is 2.31. The molecule has 1 aliphatic heterocycles. The molecule has 1 saturated heterocycles. The summed E-state index contributed by atoms with van der Waals surface area (Å²) in [6.07, 6.45) is 3.14. The fourth-order valence-corrected chi connectivity index (χ4v) is 3.16. The number of halogens is 1. The Morgan fingerprint density at radius 3 is 2.89 bits per heavy atom. The fraction of sp³-hybridized carbons (Fsp3) is 0.600. The first-order chi connectivity index (χ1) is 9.17. The molecule has 2 rings (SSSR count). The van der Waals surface area contributed by atoms with E-state index >= 15 is 0 Å². The van der Waals surface area contributed by atoms with Crippen molar-refractivity contribution in [2.24, 2.45) is 0 Å². The summed E-state index contributed by atoms with van der Waals surface area (Å²) in [6, 6.07) is 8.17. The molecule has 0 spiro atoms.